The number of amidine groups is 1. The van der Waals surface area contributed by atoms with Crippen molar-refractivity contribution in [3.8, 4) is 22.6 Å². The van der Waals surface area contributed by atoms with Gasteiger partial charge in [-0.05, 0) is 41.8 Å². The molecule has 1 amide bonds. The minimum absolute atomic E-state index is 0.239. The van der Waals surface area contributed by atoms with E-state index in [1.165, 1.54) is 4.31 Å². The van der Waals surface area contributed by atoms with Gasteiger partial charge < -0.3 is 9.47 Å². The van der Waals surface area contributed by atoms with Crippen molar-refractivity contribution in [2.45, 2.75) is 29.8 Å². The topological polar surface area (TPSA) is 109 Å². The zero-order valence-corrected chi connectivity index (χ0v) is 21.4. The van der Waals surface area contributed by atoms with Crippen molar-refractivity contribution < 1.29 is 22.7 Å². The van der Waals surface area contributed by atoms with Gasteiger partial charge in [0.25, 0.3) is 5.91 Å². The van der Waals surface area contributed by atoms with Gasteiger partial charge in [0.2, 0.25) is 10.0 Å². The monoisotopic (exact) mass is 520 g/mol. The third-order valence-electron chi connectivity index (χ3n) is 6.65. The molecule has 192 valence electrons. The Morgan fingerprint density at radius 3 is 2.19 bits per heavy atom. The van der Waals surface area contributed by atoms with Crippen LogP contribution in [0.25, 0.3) is 11.1 Å². The Bertz CT molecular complexity index is 1400. The number of aliphatic imine (C=N–C) groups is 1. The molecule has 0 aromatic heterocycles. The lowest BCUT2D eigenvalue weighted by Gasteiger charge is -2.41. The van der Waals surface area contributed by atoms with Crippen molar-refractivity contribution in [1.82, 2.24) is 15.2 Å². The molecule has 37 heavy (non-hydrogen) atoms. The molecule has 0 aliphatic carbocycles. The van der Waals surface area contributed by atoms with Crippen LogP contribution in [0.3, 0.4) is 0 Å². The van der Waals surface area contributed by atoms with Gasteiger partial charge in [0.1, 0.15) is 23.4 Å². The van der Waals surface area contributed by atoms with E-state index in [1.807, 2.05) is 42.5 Å². The van der Waals surface area contributed by atoms with Gasteiger partial charge >= 0.3 is 0 Å². The van der Waals surface area contributed by atoms with Crippen molar-refractivity contribution in [2.24, 2.45) is 4.99 Å². The molecule has 3 aromatic rings. The number of benzene rings is 3. The second-order valence-electron chi connectivity index (χ2n) is 8.82. The van der Waals surface area contributed by atoms with Crippen LogP contribution in [0.1, 0.15) is 12.0 Å². The fraction of sp³-hybridized carbons (Fsp3) is 0.259. The second-order valence-corrected chi connectivity index (χ2v) is 10.7. The zero-order chi connectivity index (χ0) is 26.0. The molecule has 5 rings (SSSR count). The summed E-state index contributed by atoms with van der Waals surface area (Å²) in [6, 6.07) is 20.6. The van der Waals surface area contributed by atoms with E-state index in [1.54, 1.807) is 44.6 Å². The van der Waals surface area contributed by atoms with Crippen LogP contribution in [-0.2, 0) is 21.2 Å². The Hall–Kier alpha value is -3.89. The fourth-order valence-corrected chi connectivity index (χ4v) is 6.25. The highest BCUT2D eigenvalue weighted by Crippen LogP contribution is 2.38. The molecule has 1 saturated heterocycles. The second kappa shape index (κ2) is 10.2. The Morgan fingerprint density at radius 1 is 0.919 bits per heavy atom. The van der Waals surface area contributed by atoms with Crippen LogP contribution >= 0.6 is 0 Å². The predicted molar refractivity (Wildman–Crippen MR) is 140 cm³/mol. The number of rotatable bonds is 8. The molecule has 0 radical (unpaired) electrons. The Morgan fingerprint density at radius 2 is 1.59 bits per heavy atom. The first-order chi connectivity index (χ1) is 17.9. The fourth-order valence-electron chi connectivity index (χ4n) is 4.59. The van der Waals surface area contributed by atoms with Crippen LogP contribution in [0.15, 0.2) is 82.7 Å². The van der Waals surface area contributed by atoms with Gasteiger partial charge in [-0.1, -0.05) is 48.5 Å². The highest BCUT2D eigenvalue weighted by Gasteiger charge is 2.43. The number of amides is 1. The average molecular weight is 521 g/mol. The van der Waals surface area contributed by atoms with Crippen LogP contribution < -0.4 is 20.3 Å². The van der Waals surface area contributed by atoms with Gasteiger partial charge in [0.05, 0.1) is 30.7 Å². The van der Waals surface area contributed by atoms with Crippen LogP contribution in [0.4, 0.5) is 0 Å². The van der Waals surface area contributed by atoms with Crippen LogP contribution in [0.2, 0.25) is 0 Å². The summed E-state index contributed by atoms with van der Waals surface area (Å²) in [6.45, 7) is 0.398. The maximum absolute atomic E-state index is 13.1. The summed E-state index contributed by atoms with van der Waals surface area (Å²) in [7, 11) is -0.419. The van der Waals surface area contributed by atoms with Crippen molar-refractivity contribution in [3.63, 3.8) is 0 Å². The van der Waals surface area contributed by atoms with Gasteiger partial charge in [0.15, 0.2) is 0 Å². The number of nitrogens with one attached hydrogen (secondary N) is 2. The molecule has 2 aliphatic heterocycles. The largest absolute Gasteiger partial charge is 0.496 e. The maximum atomic E-state index is 13.1. The van der Waals surface area contributed by atoms with Crippen molar-refractivity contribution in [2.75, 3.05) is 20.8 Å². The number of methoxy groups -OCH3 is 2. The molecule has 2 aliphatic rings. The standard InChI is InChI=1S/C27H28N4O5S/c1-35-23-9-6-10-24(36-2)25(23)19-13-11-18(12-14-19)17-21-27(32)30-29-26(28-21)22-15-16-31(22)37(33,34)20-7-4-3-5-8-20/h3-14,21-22H,15-17H2,1-2H3,(H,28,29)(H,30,32)/t21-,22-/m0/s1. The smallest absolute Gasteiger partial charge is 0.263 e. The van der Waals surface area contributed by atoms with E-state index < -0.39 is 22.1 Å². The van der Waals surface area contributed by atoms with E-state index in [0.29, 0.717) is 36.7 Å². The number of ether oxygens (including phenoxy) is 2. The maximum Gasteiger partial charge on any atom is 0.263 e. The molecule has 3 aromatic carbocycles. The minimum atomic E-state index is -3.65. The summed E-state index contributed by atoms with van der Waals surface area (Å²) in [5.74, 6) is 1.59. The van der Waals surface area contributed by atoms with Crippen molar-refractivity contribution in [3.05, 3.63) is 78.4 Å². The summed E-state index contributed by atoms with van der Waals surface area (Å²) in [6.07, 6.45) is 0.994. The van der Waals surface area contributed by atoms with Crippen LogP contribution in [0.5, 0.6) is 11.5 Å². The van der Waals surface area contributed by atoms with E-state index in [-0.39, 0.29) is 10.8 Å². The van der Waals surface area contributed by atoms with E-state index in [9.17, 15) is 13.2 Å². The van der Waals surface area contributed by atoms with E-state index >= 15 is 0 Å². The minimum Gasteiger partial charge on any atom is -0.496 e. The van der Waals surface area contributed by atoms with Gasteiger partial charge in [-0.25, -0.2) is 8.42 Å². The van der Waals surface area contributed by atoms with Gasteiger partial charge in [-0.3, -0.25) is 20.6 Å². The normalized spacial score (nSPS) is 19.7. The number of carbonyl (C=O) groups excluding carboxylic acids is 1. The summed E-state index contributed by atoms with van der Waals surface area (Å²) < 4.78 is 38.6. The lowest BCUT2D eigenvalue weighted by Crippen LogP contribution is -2.63. The van der Waals surface area contributed by atoms with E-state index in [2.05, 4.69) is 15.8 Å². The lowest BCUT2D eigenvalue weighted by atomic mass is 9.98. The van der Waals surface area contributed by atoms with Gasteiger partial charge in [0, 0.05) is 13.0 Å². The Balaban J connectivity index is 1.34. The number of nitrogens with zero attached hydrogens (tertiary/aromatic N) is 2. The van der Waals surface area contributed by atoms with Crippen LogP contribution in [0, 0.1) is 0 Å². The number of sulfonamides is 1. The van der Waals surface area contributed by atoms with Gasteiger partial charge in [-0.15, -0.1) is 0 Å². The summed E-state index contributed by atoms with van der Waals surface area (Å²) in [4.78, 5) is 17.4. The quantitative estimate of drug-likeness (QED) is 0.473. The van der Waals surface area contributed by atoms with Crippen molar-refractivity contribution in [1.29, 1.82) is 0 Å². The van der Waals surface area contributed by atoms with Gasteiger partial charge in [-0.2, -0.15) is 4.31 Å². The molecule has 0 unspecified atom stereocenters. The first-order valence-electron chi connectivity index (χ1n) is 11.9. The summed E-state index contributed by atoms with van der Waals surface area (Å²) in [5.41, 5.74) is 8.17. The average Bonchev–Trinajstić information content (AvgIpc) is 2.90. The molecular formula is C27H28N4O5S. The molecule has 0 spiro atoms. The highest BCUT2D eigenvalue weighted by atomic mass is 32.2. The lowest BCUT2D eigenvalue weighted by molar-refractivity contribution is -0.123. The molecule has 0 bridgehead atoms. The first-order valence-corrected chi connectivity index (χ1v) is 13.4. The summed E-state index contributed by atoms with van der Waals surface area (Å²) >= 11 is 0. The van der Waals surface area contributed by atoms with E-state index in [4.69, 9.17) is 9.47 Å². The number of carbonyl (C=O) groups is 1. The Labute approximate surface area is 216 Å². The third kappa shape index (κ3) is 4.77. The van der Waals surface area contributed by atoms with Crippen LogP contribution in [-0.4, -0.2) is 57.3 Å². The number of hydrogen-bond acceptors (Lipinski definition) is 7. The molecule has 2 atom stereocenters. The number of hydrogen-bond donors (Lipinski definition) is 2. The molecule has 0 saturated carbocycles. The molecule has 1 fully saturated rings. The highest BCUT2D eigenvalue weighted by molar-refractivity contribution is 7.89. The summed E-state index contributed by atoms with van der Waals surface area (Å²) in [5, 5.41) is 0. The first kappa shape index (κ1) is 24.8. The van der Waals surface area contributed by atoms with Crippen molar-refractivity contribution >= 4 is 21.8 Å². The molecule has 2 heterocycles. The molecule has 2 N–H and O–H groups in total. The molecule has 9 nitrogen and oxygen atoms in total. The SMILES string of the molecule is COc1cccc(OC)c1-c1ccc(C[C@@H]2N=C([C@@H]3CCN3S(=O)(=O)c3ccccc3)NNC2=O)cc1. The zero-order valence-electron chi connectivity index (χ0n) is 20.5. The number of hydrazine groups is 1. The predicted octanol–water partition coefficient (Wildman–Crippen LogP) is 2.78. The molecular weight excluding hydrogens is 492 g/mol. The molecule has 10 heteroatoms. The Kier molecular flexibility index (Phi) is 6.86. The third-order valence-corrected chi connectivity index (χ3v) is 8.57. The van der Waals surface area contributed by atoms with E-state index in [0.717, 1.165) is 16.7 Å².